The van der Waals surface area contributed by atoms with Gasteiger partial charge in [0.2, 0.25) is 5.91 Å². The fourth-order valence-electron chi connectivity index (χ4n) is 3.79. The zero-order valence-corrected chi connectivity index (χ0v) is 18.1. The summed E-state index contributed by atoms with van der Waals surface area (Å²) in [7, 11) is 0. The van der Waals surface area contributed by atoms with Gasteiger partial charge in [0, 0.05) is 17.5 Å². The molecule has 5 heteroatoms. The Labute approximate surface area is 179 Å². The lowest BCUT2D eigenvalue weighted by molar-refractivity contribution is -0.126. The Kier molecular flexibility index (Phi) is 7.96. The van der Waals surface area contributed by atoms with Gasteiger partial charge < -0.3 is 10.1 Å². The number of carbonyl (C=O) groups is 1. The van der Waals surface area contributed by atoms with E-state index in [-0.39, 0.29) is 11.8 Å². The highest BCUT2D eigenvalue weighted by Crippen LogP contribution is 2.26. The molecule has 1 N–H and O–H groups in total. The number of halogens is 1. The normalized spacial score (nSPS) is 15.4. The molecular weight excluding hydrogens is 384 g/mol. The van der Waals surface area contributed by atoms with E-state index >= 15 is 0 Å². The van der Waals surface area contributed by atoms with E-state index in [1.165, 1.54) is 5.56 Å². The first-order valence-electron chi connectivity index (χ1n) is 10.5. The van der Waals surface area contributed by atoms with Crippen molar-refractivity contribution in [3.63, 3.8) is 0 Å². The molecule has 2 aromatic carbocycles. The van der Waals surface area contributed by atoms with E-state index in [2.05, 4.69) is 36.2 Å². The van der Waals surface area contributed by atoms with Gasteiger partial charge in [-0.25, -0.2) is 0 Å². The summed E-state index contributed by atoms with van der Waals surface area (Å²) in [5, 5.41) is 3.85. The summed E-state index contributed by atoms with van der Waals surface area (Å²) in [6, 6.07) is 16.1. The van der Waals surface area contributed by atoms with Crippen LogP contribution in [-0.4, -0.2) is 37.0 Å². The van der Waals surface area contributed by atoms with Gasteiger partial charge in [-0.05, 0) is 55.1 Å². The van der Waals surface area contributed by atoms with Crippen LogP contribution in [0.25, 0.3) is 0 Å². The number of carbonyl (C=O) groups excluding carboxylic acids is 1. The highest BCUT2D eigenvalue weighted by Gasteiger charge is 2.25. The molecule has 0 unspecified atom stereocenters. The van der Waals surface area contributed by atoms with Crippen molar-refractivity contribution in [1.29, 1.82) is 0 Å². The third kappa shape index (κ3) is 6.22. The molecule has 0 radical (unpaired) electrons. The zero-order valence-electron chi connectivity index (χ0n) is 17.4. The van der Waals surface area contributed by atoms with E-state index in [1.807, 2.05) is 36.4 Å². The van der Waals surface area contributed by atoms with Gasteiger partial charge >= 0.3 is 0 Å². The number of nitrogens with zero attached hydrogens (tertiary/aromatic N) is 1. The number of hydrogen-bond acceptors (Lipinski definition) is 3. The van der Waals surface area contributed by atoms with Crippen LogP contribution in [-0.2, 0) is 11.3 Å². The summed E-state index contributed by atoms with van der Waals surface area (Å²) in [5.74, 6) is 1.55. The number of likely N-dealkylation sites (tertiary alicyclic amines) is 1. The second-order valence-corrected chi connectivity index (χ2v) is 8.38. The maximum atomic E-state index is 12.5. The molecule has 0 saturated carbocycles. The molecule has 1 saturated heterocycles. The first-order valence-corrected chi connectivity index (χ1v) is 10.9. The van der Waals surface area contributed by atoms with Crippen LogP contribution in [0.4, 0.5) is 0 Å². The number of para-hydroxylation sites is 1. The molecule has 0 atom stereocenters. The molecule has 3 rings (SSSR count). The van der Waals surface area contributed by atoms with Crippen LogP contribution in [0.5, 0.6) is 5.75 Å². The average molecular weight is 415 g/mol. The monoisotopic (exact) mass is 414 g/mol. The quantitative estimate of drug-likeness (QED) is 0.626. The Bertz CT molecular complexity index is 801. The van der Waals surface area contributed by atoms with Crippen LogP contribution in [0.1, 0.15) is 43.7 Å². The van der Waals surface area contributed by atoms with Crippen molar-refractivity contribution in [3.8, 4) is 5.75 Å². The number of rotatable bonds is 8. The van der Waals surface area contributed by atoms with Gasteiger partial charge in [0.05, 0.1) is 6.54 Å². The molecule has 1 fully saturated rings. The molecule has 0 bridgehead atoms. The Morgan fingerprint density at radius 3 is 2.55 bits per heavy atom. The number of benzene rings is 2. The van der Waals surface area contributed by atoms with Gasteiger partial charge in [-0.3, -0.25) is 9.69 Å². The first-order chi connectivity index (χ1) is 14.0. The van der Waals surface area contributed by atoms with Crippen LogP contribution < -0.4 is 10.1 Å². The van der Waals surface area contributed by atoms with Crippen LogP contribution in [0.2, 0.25) is 5.02 Å². The highest BCUT2D eigenvalue weighted by molar-refractivity contribution is 6.31. The van der Waals surface area contributed by atoms with Crippen LogP contribution in [0, 0.1) is 5.92 Å². The minimum Gasteiger partial charge on any atom is -0.491 e. The molecular formula is C24H31ClN2O2. The van der Waals surface area contributed by atoms with Crippen molar-refractivity contribution in [1.82, 2.24) is 10.2 Å². The Morgan fingerprint density at radius 1 is 1.14 bits per heavy atom. The van der Waals surface area contributed by atoms with Crippen molar-refractivity contribution < 1.29 is 9.53 Å². The minimum absolute atomic E-state index is 0.0837. The lowest BCUT2D eigenvalue weighted by atomic mass is 9.95. The predicted octanol–water partition coefficient (Wildman–Crippen LogP) is 4.87. The molecule has 1 heterocycles. The summed E-state index contributed by atoms with van der Waals surface area (Å²) in [5.41, 5.74) is 2.35. The van der Waals surface area contributed by atoms with Crippen LogP contribution in [0.15, 0.2) is 48.5 Å². The third-order valence-electron chi connectivity index (χ3n) is 5.51. The van der Waals surface area contributed by atoms with Gasteiger partial charge in [0.25, 0.3) is 0 Å². The van der Waals surface area contributed by atoms with Crippen molar-refractivity contribution in [3.05, 3.63) is 64.7 Å². The zero-order chi connectivity index (χ0) is 20.6. The van der Waals surface area contributed by atoms with Gasteiger partial charge in [-0.15, -0.1) is 0 Å². The summed E-state index contributed by atoms with van der Waals surface area (Å²) in [6.45, 7) is 8.01. The largest absolute Gasteiger partial charge is 0.491 e. The lowest BCUT2D eigenvalue weighted by Gasteiger charge is -2.31. The van der Waals surface area contributed by atoms with Crippen LogP contribution in [0.3, 0.4) is 0 Å². The van der Waals surface area contributed by atoms with Crippen molar-refractivity contribution in [2.45, 2.75) is 39.2 Å². The summed E-state index contributed by atoms with van der Waals surface area (Å²) in [6.07, 6.45) is 1.76. The van der Waals surface area contributed by atoms with Crippen LogP contribution >= 0.6 is 11.6 Å². The van der Waals surface area contributed by atoms with Gasteiger partial charge in [0.1, 0.15) is 12.4 Å². The van der Waals surface area contributed by atoms with E-state index < -0.39 is 0 Å². The number of amides is 1. The fourth-order valence-corrected chi connectivity index (χ4v) is 3.98. The second kappa shape index (κ2) is 10.7. The van der Waals surface area contributed by atoms with Gasteiger partial charge in [-0.1, -0.05) is 61.8 Å². The first kappa shape index (κ1) is 21.7. The van der Waals surface area contributed by atoms with E-state index in [0.717, 1.165) is 48.8 Å². The molecule has 4 nitrogen and oxygen atoms in total. The Hall–Kier alpha value is -2.04. The standard InChI is InChI=1S/C24H31ClN2O2/c1-18(2)21-8-4-6-10-23(21)29-16-13-26-24(28)19-11-14-27(15-12-19)17-20-7-3-5-9-22(20)25/h3-10,18-19H,11-17H2,1-2H3,(H,26,28). The Balaban J connectivity index is 1.38. The molecule has 0 aromatic heterocycles. The van der Waals surface area contributed by atoms with Crippen molar-refractivity contribution >= 4 is 17.5 Å². The molecule has 0 aliphatic carbocycles. The van der Waals surface area contributed by atoms with E-state index in [9.17, 15) is 4.79 Å². The van der Waals surface area contributed by atoms with E-state index in [0.29, 0.717) is 19.1 Å². The summed E-state index contributed by atoms with van der Waals surface area (Å²) in [4.78, 5) is 14.9. The fraction of sp³-hybridized carbons (Fsp3) is 0.458. The molecule has 156 valence electrons. The topological polar surface area (TPSA) is 41.6 Å². The number of piperidine rings is 1. The molecule has 0 spiro atoms. The number of hydrogen-bond donors (Lipinski definition) is 1. The Morgan fingerprint density at radius 2 is 1.83 bits per heavy atom. The molecule has 1 aliphatic rings. The van der Waals surface area contributed by atoms with E-state index in [4.69, 9.17) is 16.3 Å². The molecule has 1 aliphatic heterocycles. The van der Waals surface area contributed by atoms with Gasteiger partial charge in [0.15, 0.2) is 0 Å². The number of ether oxygens (including phenoxy) is 1. The average Bonchev–Trinajstić information content (AvgIpc) is 2.73. The highest BCUT2D eigenvalue weighted by atomic mass is 35.5. The molecule has 1 amide bonds. The van der Waals surface area contributed by atoms with Gasteiger partial charge in [-0.2, -0.15) is 0 Å². The predicted molar refractivity (Wildman–Crippen MR) is 118 cm³/mol. The lowest BCUT2D eigenvalue weighted by Crippen LogP contribution is -2.41. The third-order valence-corrected chi connectivity index (χ3v) is 5.88. The van der Waals surface area contributed by atoms with E-state index in [1.54, 1.807) is 0 Å². The smallest absolute Gasteiger partial charge is 0.223 e. The molecule has 2 aromatic rings. The maximum absolute atomic E-state index is 12.5. The molecule has 29 heavy (non-hydrogen) atoms. The van der Waals surface area contributed by atoms with Crippen molar-refractivity contribution in [2.75, 3.05) is 26.2 Å². The maximum Gasteiger partial charge on any atom is 0.223 e. The number of nitrogens with one attached hydrogen (secondary N) is 1. The minimum atomic E-state index is 0.0837. The SMILES string of the molecule is CC(C)c1ccccc1OCCNC(=O)C1CCN(Cc2ccccc2Cl)CC1. The van der Waals surface area contributed by atoms with Crippen molar-refractivity contribution in [2.24, 2.45) is 5.92 Å². The summed E-state index contributed by atoms with van der Waals surface area (Å²) >= 11 is 6.26. The summed E-state index contributed by atoms with van der Waals surface area (Å²) < 4.78 is 5.90. The second-order valence-electron chi connectivity index (χ2n) is 7.97.